The predicted octanol–water partition coefficient (Wildman–Crippen LogP) is 2.06. The number of alkyl halides is 1. The van der Waals surface area contributed by atoms with E-state index >= 15 is 0 Å². The molecule has 0 atom stereocenters. The van der Waals surface area contributed by atoms with Gasteiger partial charge in [0, 0.05) is 17.5 Å². The summed E-state index contributed by atoms with van der Waals surface area (Å²) >= 11 is 5.66. The van der Waals surface area contributed by atoms with Crippen LogP contribution in [0.4, 0.5) is 5.69 Å². The van der Waals surface area contributed by atoms with Crippen LogP contribution in [0.2, 0.25) is 0 Å². The number of halogens is 1. The second kappa shape index (κ2) is 6.20. The van der Waals surface area contributed by atoms with Crippen molar-refractivity contribution in [2.45, 2.75) is 12.3 Å². The first-order chi connectivity index (χ1) is 8.53. The highest BCUT2D eigenvalue weighted by atomic mass is 35.5. The topological polar surface area (TPSA) is 78.7 Å². The fourth-order valence-electron chi connectivity index (χ4n) is 1.54. The number of rotatable bonds is 5. The van der Waals surface area contributed by atoms with E-state index in [1.165, 1.54) is 20.3 Å². The third-order valence-corrected chi connectivity index (χ3v) is 2.63. The normalized spacial score (nSPS) is 9.94. The molecule has 0 aliphatic carbocycles. The maximum absolute atomic E-state index is 11.2. The minimum Gasteiger partial charge on any atom is -0.490 e. The Kier molecular flexibility index (Phi) is 4.91. The molecule has 0 aromatic heterocycles. The molecule has 0 saturated heterocycles. The predicted molar refractivity (Wildman–Crippen MR) is 64.9 cm³/mol. The number of benzene rings is 1. The molecule has 7 heteroatoms. The quantitative estimate of drug-likeness (QED) is 0.355. The first-order valence-electron chi connectivity index (χ1n) is 5.00. The summed E-state index contributed by atoms with van der Waals surface area (Å²) < 4.78 is 9.52. The second-order valence-electron chi connectivity index (χ2n) is 3.45. The lowest BCUT2D eigenvalue weighted by Gasteiger charge is -2.09. The maximum atomic E-state index is 11.2. The van der Waals surface area contributed by atoms with Crippen molar-refractivity contribution in [3.8, 4) is 5.75 Å². The van der Waals surface area contributed by atoms with Gasteiger partial charge in [-0.1, -0.05) is 0 Å². The molecule has 0 amide bonds. The molecule has 0 bridgehead atoms. The van der Waals surface area contributed by atoms with Crippen LogP contribution in [0.3, 0.4) is 0 Å². The van der Waals surface area contributed by atoms with Gasteiger partial charge in [0.25, 0.3) is 0 Å². The smallest absolute Gasteiger partial charge is 0.311 e. The van der Waals surface area contributed by atoms with Crippen LogP contribution < -0.4 is 4.74 Å². The molecule has 1 aromatic rings. The molecule has 0 fully saturated rings. The van der Waals surface area contributed by atoms with Crippen LogP contribution in [0.5, 0.6) is 5.75 Å². The van der Waals surface area contributed by atoms with Crippen molar-refractivity contribution in [1.29, 1.82) is 0 Å². The van der Waals surface area contributed by atoms with E-state index in [0.717, 1.165) is 0 Å². The van der Waals surface area contributed by atoms with Gasteiger partial charge < -0.3 is 9.47 Å². The fourth-order valence-corrected chi connectivity index (χ4v) is 1.70. The summed E-state index contributed by atoms with van der Waals surface area (Å²) in [5, 5.41) is 10.9. The van der Waals surface area contributed by atoms with Gasteiger partial charge in [0.15, 0.2) is 0 Å². The minimum absolute atomic E-state index is 0.0549. The summed E-state index contributed by atoms with van der Waals surface area (Å²) in [5.41, 5.74) is 0.715. The number of carbonyl (C=O) groups is 1. The highest BCUT2D eigenvalue weighted by molar-refractivity contribution is 6.17. The third kappa shape index (κ3) is 3.10. The van der Waals surface area contributed by atoms with E-state index < -0.39 is 10.9 Å². The van der Waals surface area contributed by atoms with Crippen LogP contribution in [-0.2, 0) is 21.8 Å². The van der Waals surface area contributed by atoms with Gasteiger partial charge in [-0.05, 0) is 11.6 Å². The van der Waals surface area contributed by atoms with Crippen molar-refractivity contribution >= 4 is 23.3 Å². The maximum Gasteiger partial charge on any atom is 0.311 e. The number of hydrogen-bond acceptors (Lipinski definition) is 5. The van der Waals surface area contributed by atoms with Crippen LogP contribution in [-0.4, -0.2) is 25.1 Å². The molecule has 0 heterocycles. The Hall–Kier alpha value is -1.82. The molecule has 1 aromatic carbocycles. The van der Waals surface area contributed by atoms with E-state index in [1.54, 1.807) is 6.07 Å². The van der Waals surface area contributed by atoms with E-state index in [4.69, 9.17) is 16.3 Å². The summed E-state index contributed by atoms with van der Waals surface area (Å²) in [6.45, 7) is 0. The van der Waals surface area contributed by atoms with Gasteiger partial charge in [0.1, 0.15) is 0 Å². The Morgan fingerprint density at radius 3 is 2.56 bits per heavy atom. The van der Waals surface area contributed by atoms with Crippen molar-refractivity contribution in [3.63, 3.8) is 0 Å². The van der Waals surface area contributed by atoms with E-state index in [-0.39, 0.29) is 23.7 Å². The fraction of sp³-hybridized carbons (Fsp3) is 0.364. The summed E-state index contributed by atoms with van der Waals surface area (Å²) in [4.78, 5) is 21.6. The zero-order valence-electron chi connectivity index (χ0n) is 9.94. The molecule has 0 radical (unpaired) electrons. The number of nitrogens with zero attached hydrogens (tertiary/aromatic N) is 1. The Balaban J connectivity index is 3.32. The summed E-state index contributed by atoms with van der Waals surface area (Å²) in [6.07, 6.45) is -0.106. The van der Waals surface area contributed by atoms with Gasteiger partial charge in [-0.15, -0.1) is 11.6 Å². The molecule has 1 rings (SSSR count). The molecule has 0 unspecified atom stereocenters. The number of ether oxygens (including phenoxy) is 2. The molecular formula is C11H12ClNO5. The number of carbonyl (C=O) groups excluding carboxylic acids is 1. The number of methoxy groups -OCH3 is 2. The van der Waals surface area contributed by atoms with Crippen molar-refractivity contribution in [2.75, 3.05) is 14.2 Å². The van der Waals surface area contributed by atoms with Crippen LogP contribution >= 0.6 is 11.6 Å². The zero-order chi connectivity index (χ0) is 13.7. The van der Waals surface area contributed by atoms with Crippen LogP contribution in [0.25, 0.3) is 0 Å². The van der Waals surface area contributed by atoms with E-state index in [0.29, 0.717) is 11.1 Å². The van der Waals surface area contributed by atoms with Crippen molar-refractivity contribution < 1.29 is 19.2 Å². The molecule has 98 valence electrons. The number of nitro groups is 1. The Labute approximate surface area is 109 Å². The monoisotopic (exact) mass is 273 g/mol. The van der Waals surface area contributed by atoms with Crippen LogP contribution in [0, 0.1) is 10.1 Å². The first-order valence-corrected chi connectivity index (χ1v) is 5.53. The van der Waals surface area contributed by atoms with Crippen molar-refractivity contribution in [1.82, 2.24) is 0 Å². The lowest BCUT2D eigenvalue weighted by atomic mass is 10.1. The highest BCUT2D eigenvalue weighted by Crippen LogP contribution is 2.33. The SMILES string of the molecule is COC(=O)Cc1cc(CCl)cc([N+](=O)[O-])c1OC. The molecule has 6 nitrogen and oxygen atoms in total. The molecule has 0 saturated carbocycles. The number of esters is 1. The first kappa shape index (κ1) is 14.2. The van der Waals surface area contributed by atoms with Crippen molar-refractivity contribution in [3.05, 3.63) is 33.4 Å². The third-order valence-electron chi connectivity index (χ3n) is 2.32. The molecular weight excluding hydrogens is 262 g/mol. The summed E-state index contributed by atoms with van der Waals surface area (Å²) in [6, 6.07) is 2.92. The van der Waals surface area contributed by atoms with Gasteiger partial charge in [0.05, 0.1) is 25.6 Å². The largest absolute Gasteiger partial charge is 0.490 e. The number of hydrogen-bond donors (Lipinski definition) is 0. The van der Waals surface area contributed by atoms with E-state index in [1.807, 2.05) is 0 Å². The average Bonchev–Trinajstić information content (AvgIpc) is 2.37. The van der Waals surface area contributed by atoms with E-state index in [2.05, 4.69) is 4.74 Å². The molecule has 0 aliphatic rings. The van der Waals surface area contributed by atoms with Gasteiger partial charge in [-0.25, -0.2) is 0 Å². The lowest BCUT2D eigenvalue weighted by Crippen LogP contribution is -2.08. The van der Waals surface area contributed by atoms with Crippen LogP contribution in [0.1, 0.15) is 11.1 Å². The molecule has 18 heavy (non-hydrogen) atoms. The van der Waals surface area contributed by atoms with E-state index in [9.17, 15) is 14.9 Å². The minimum atomic E-state index is -0.574. The second-order valence-corrected chi connectivity index (χ2v) is 3.72. The Bertz CT molecular complexity index is 475. The van der Waals surface area contributed by atoms with Gasteiger partial charge >= 0.3 is 11.7 Å². The van der Waals surface area contributed by atoms with Gasteiger partial charge in [-0.3, -0.25) is 14.9 Å². The van der Waals surface area contributed by atoms with Crippen LogP contribution in [0.15, 0.2) is 12.1 Å². The van der Waals surface area contributed by atoms with Gasteiger partial charge in [0.2, 0.25) is 5.75 Å². The summed E-state index contributed by atoms with van der Waals surface area (Å²) in [7, 11) is 2.55. The Morgan fingerprint density at radius 2 is 2.11 bits per heavy atom. The molecule has 0 N–H and O–H groups in total. The highest BCUT2D eigenvalue weighted by Gasteiger charge is 2.22. The molecule has 0 aliphatic heterocycles. The lowest BCUT2D eigenvalue weighted by molar-refractivity contribution is -0.385. The standard InChI is InChI=1S/C11H12ClNO5/c1-17-10(14)5-8-3-7(6-12)4-9(13(15)16)11(8)18-2/h3-4H,5-6H2,1-2H3. The van der Waals surface area contributed by atoms with Crippen molar-refractivity contribution in [2.24, 2.45) is 0 Å². The average molecular weight is 274 g/mol. The molecule has 0 spiro atoms. The van der Waals surface area contributed by atoms with Gasteiger partial charge in [-0.2, -0.15) is 0 Å². The summed E-state index contributed by atoms with van der Waals surface area (Å²) in [5.74, 6) is -0.340. The zero-order valence-corrected chi connectivity index (χ0v) is 10.7. The number of nitro benzene ring substituents is 1. The Morgan fingerprint density at radius 1 is 1.44 bits per heavy atom.